The molecule has 0 saturated heterocycles. The molecule has 0 fully saturated rings. The number of hydrogen-bond acceptors (Lipinski definition) is 5. The smallest absolute Gasteiger partial charge is 0.326 e. The summed E-state index contributed by atoms with van der Waals surface area (Å²) >= 11 is 0. The Hall–Kier alpha value is -2.16. The number of rotatable bonds is 6. The summed E-state index contributed by atoms with van der Waals surface area (Å²) in [6, 6.07) is 1.68. The maximum absolute atomic E-state index is 13.5. The lowest BCUT2D eigenvalue weighted by Gasteiger charge is -2.14. The zero-order chi connectivity index (χ0) is 16.2. The fourth-order valence-electron chi connectivity index (χ4n) is 1.56. The van der Waals surface area contributed by atoms with Crippen LogP contribution in [0.3, 0.4) is 0 Å². The van der Waals surface area contributed by atoms with Crippen LogP contribution in [-0.4, -0.2) is 48.6 Å². The van der Waals surface area contributed by atoms with E-state index in [4.69, 9.17) is 5.11 Å². The lowest BCUT2D eigenvalue weighted by atomic mass is 10.1. The molecular formula is C12H14FNO6S. The molecule has 7 nitrogen and oxygen atoms in total. The van der Waals surface area contributed by atoms with Crippen molar-refractivity contribution in [1.82, 2.24) is 5.32 Å². The van der Waals surface area contributed by atoms with Gasteiger partial charge in [-0.15, -0.1) is 0 Å². The monoisotopic (exact) mass is 319 g/mol. The number of carboxylic acid groups (broad SMARTS) is 1. The van der Waals surface area contributed by atoms with Gasteiger partial charge in [-0.25, -0.2) is 17.6 Å². The first-order valence-corrected chi connectivity index (χ1v) is 7.86. The summed E-state index contributed by atoms with van der Waals surface area (Å²) in [7, 11) is -3.41. The van der Waals surface area contributed by atoms with Crippen LogP contribution in [0.2, 0.25) is 0 Å². The lowest BCUT2D eigenvalue weighted by molar-refractivity contribution is -0.139. The summed E-state index contributed by atoms with van der Waals surface area (Å²) in [5.74, 6) is -4.69. The highest BCUT2D eigenvalue weighted by atomic mass is 32.2. The molecule has 0 aromatic heterocycles. The molecule has 0 radical (unpaired) electrons. The standard InChI is InChI=1S/C12H14FNO6S/c1-21(19,20)6-5-8(12(17)18)14-11(16)10-7(13)3-2-4-9(10)15/h2-4,8,15H,5-6H2,1H3,(H,14,16)(H,17,18). The van der Waals surface area contributed by atoms with Crippen LogP contribution in [0.15, 0.2) is 18.2 Å². The van der Waals surface area contributed by atoms with Crippen molar-refractivity contribution in [2.24, 2.45) is 0 Å². The van der Waals surface area contributed by atoms with E-state index >= 15 is 0 Å². The molecule has 0 bridgehead atoms. The highest BCUT2D eigenvalue weighted by Gasteiger charge is 2.25. The van der Waals surface area contributed by atoms with Crippen molar-refractivity contribution in [3.8, 4) is 5.75 Å². The van der Waals surface area contributed by atoms with E-state index in [1.807, 2.05) is 5.32 Å². The highest BCUT2D eigenvalue weighted by molar-refractivity contribution is 7.90. The predicted octanol–water partition coefficient (Wildman–Crippen LogP) is 0.149. The lowest BCUT2D eigenvalue weighted by Crippen LogP contribution is -2.42. The number of hydrogen-bond donors (Lipinski definition) is 3. The molecule has 1 aromatic carbocycles. The third-order valence-electron chi connectivity index (χ3n) is 2.60. The zero-order valence-corrected chi connectivity index (χ0v) is 11.9. The van der Waals surface area contributed by atoms with Crippen molar-refractivity contribution in [2.75, 3.05) is 12.0 Å². The van der Waals surface area contributed by atoms with Gasteiger partial charge in [-0.05, 0) is 18.6 Å². The summed E-state index contributed by atoms with van der Waals surface area (Å²) < 4.78 is 35.5. The largest absolute Gasteiger partial charge is 0.507 e. The van der Waals surface area contributed by atoms with Gasteiger partial charge in [0.2, 0.25) is 0 Å². The van der Waals surface area contributed by atoms with Gasteiger partial charge in [0, 0.05) is 6.26 Å². The fourth-order valence-corrected chi connectivity index (χ4v) is 2.22. The quantitative estimate of drug-likeness (QED) is 0.686. The van der Waals surface area contributed by atoms with E-state index in [-0.39, 0.29) is 6.42 Å². The highest BCUT2D eigenvalue weighted by Crippen LogP contribution is 2.19. The zero-order valence-electron chi connectivity index (χ0n) is 11.0. The van der Waals surface area contributed by atoms with Crippen LogP contribution < -0.4 is 5.32 Å². The van der Waals surface area contributed by atoms with Crippen LogP contribution in [-0.2, 0) is 14.6 Å². The summed E-state index contributed by atoms with van der Waals surface area (Å²) in [4.78, 5) is 22.8. The van der Waals surface area contributed by atoms with Gasteiger partial charge in [0.05, 0.1) is 5.75 Å². The number of sulfone groups is 1. The number of aliphatic carboxylic acids is 1. The number of carbonyl (C=O) groups is 2. The molecule has 9 heteroatoms. The first kappa shape index (κ1) is 16.9. The first-order chi connectivity index (χ1) is 9.61. The van der Waals surface area contributed by atoms with E-state index in [2.05, 4.69) is 0 Å². The average molecular weight is 319 g/mol. The molecule has 0 aliphatic rings. The Labute approximate surface area is 120 Å². The van der Waals surface area contributed by atoms with Crippen LogP contribution in [0.1, 0.15) is 16.8 Å². The van der Waals surface area contributed by atoms with E-state index in [0.717, 1.165) is 18.4 Å². The number of halogens is 1. The summed E-state index contributed by atoms with van der Waals surface area (Å²) in [6.45, 7) is 0. The van der Waals surface area contributed by atoms with Crippen LogP contribution in [0.4, 0.5) is 4.39 Å². The minimum Gasteiger partial charge on any atom is -0.507 e. The van der Waals surface area contributed by atoms with Crippen molar-refractivity contribution >= 4 is 21.7 Å². The van der Waals surface area contributed by atoms with Crippen molar-refractivity contribution in [3.63, 3.8) is 0 Å². The Morgan fingerprint density at radius 2 is 2.00 bits per heavy atom. The van der Waals surface area contributed by atoms with E-state index in [1.54, 1.807) is 0 Å². The molecule has 1 aromatic rings. The Morgan fingerprint density at radius 1 is 1.38 bits per heavy atom. The van der Waals surface area contributed by atoms with E-state index in [9.17, 15) is 27.5 Å². The van der Waals surface area contributed by atoms with E-state index < -0.39 is 50.6 Å². The number of carboxylic acids is 1. The molecule has 0 saturated carbocycles. The number of phenolic OH excluding ortho intramolecular Hbond substituents is 1. The van der Waals surface area contributed by atoms with Crippen molar-refractivity contribution in [2.45, 2.75) is 12.5 Å². The average Bonchev–Trinajstić information content (AvgIpc) is 2.32. The van der Waals surface area contributed by atoms with Crippen molar-refractivity contribution in [1.29, 1.82) is 0 Å². The van der Waals surface area contributed by atoms with Gasteiger partial charge in [-0.3, -0.25) is 4.79 Å². The molecule has 0 heterocycles. The minimum absolute atomic E-state index is 0.366. The number of aromatic hydroxyl groups is 1. The predicted molar refractivity (Wildman–Crippen MR) is 71.3 cm³/mol. The molecule has 0 spiro atoms. The van der Waals surface area contributed by atoms with Gasteiger partial charge in [0.15, 0.2) is 0 Å². The number of carbonyl (C=O) groups excluding carboxylic acids is 1. The van der Waals surface area contributed by atoms with E-state index in [0.29, 0.717) is 0 Å². The summed E-state index contributed by atoms with van der Waals surface area (Å²) in [5.41, 5.74) is -0.692. The second-order valence-electron chi connectivity index (χ2n) is 4.42. The number of benzene rings is 1. The van der Waals surface area contributed by atoms with Crippen LogP contribution >= 0.6 is 0 Å². The number of phenols is 1. The van der Waals surface area contributed by atoms with Gasteiger partial charge in [0.25, 0.3) is 5.91 Å². The second kappa shape index (κ2) is 6.53. The van der Waals surface area contributed by atoms with Crippen LogP contribution in [0.25, 0.3) is 0 Å². The van der Waals surface area contributed by atoms with Gasteiger partial charge < -0.3 is 15.5 Å². The molecular weight excluding hydrogens is 305 g/mol. The van der Waals surface area contributed by atoms with Crippen LogP contribution in [0.5, 0.6) is 5.75 Å². The maximum atomic E-state index is 13.5. The Morgan fingerprint density at radius 3 is 2.48 bits per heavy atom. The summed E-state index contributed by atoms with van der Waals surface area (Å²) in [5, 5.41) is 20.4. The van der Waals surface area contributed by atoms with Gasteiger partial charge in [0.1, 0.15) is 33.0 Å². The maximum Gasteiger partial charge on any atom is 0.326 e. The molecule has 0 aliphatic carbocycles. The molecule has 21 heavy (non-hydrogen) atoms. The van der Waals surface area contributed by atoms with Gasteiger partial charge in [-0.1, -0.05) is 6.07 Å². The molecule has 1 amide bonds. The van der Waals surface area contributed by atoms with Crippen LogP contribution in [0, 0.1) is 5.82 Å². The topological polar surface area (TPSA) is 121 Å². The Balaban J connectivity index is 2.89. The minimum atomic E-state index is -3.41. The first-order valence-electron chi connectivity index (χ1n) is 5.80. The van der Waals surface area contributed by atoms with Crippen molar-refractivity contribution < 1.29 is 32.6 Å². The Kier molecular flexibility index (Phi) is 5.25. The molecule has 1 unspecified atom stereocenters. The van der Waals surface area contributed by atoms with Gasteiger partial charge >= 0.3 is 5.97 Å². The molecule has 1 rings (SSSR count). The third kappa shape index (κ3) is 5.03. The Bertz CT molecular complexity index is 637. The third-order valence-corrected chi connectivity index (χ3v) is 3.58. The molecule has 1 atom stereocenters. The number of amides is 1. The summed E-state index contributed by atoms with van der Waals surface area (Å²) in [6.07, 6.45) is 0.561. The van der Waals surface area contributed by atoms with Crippen molar-refractivity contribution in [3.05, 3.63) is 29.6 Å². The van der Waals surface area contributed by atoms with E-state index in [1.165, 1.54) is 6.07 Å². The second-order valence-corrected chi connectivity index (χ2v) is 6.68. The SMILES string of the molecule is CS(=O)(=O)CCC(NC(=O)c1c(O)cccc1F)C(=O)O. The molecule has 0 aliphatic heterocycles. The molecule has 116 valence electrons. The normalized spacial score (nSPS) is 12.7. The van der Waals surface area contributed by atoms with Gasteiger partial charge in [-0.2, -0.15) is 0 Å². The number of nitrogens with one attached hydrogen (secondary N) is 1. The fraction of sp³-hybridized carbons (Fsp3) is 0.333. The molecule has 3 N–H and O–H groups in total.